The molecule has 0 aromatic rings. The third-order valence-corrected chi connectivity index (χ3v) is 14.9. The van der Waals surface area contributed by atoms with E-state index in [1.54, 1.807) is 0 Å². The molecule has 1 amide bonds. The number of hydrogen-bond donors (Lipinski definition) is 9. The van der Waals surface area contributed by atoms with Gasteiger partial charge >= 0.3 is 13.8 Å². The number of aliphatic carboxylic acids is 1. The molecule has 1 heterocycles. The second-order valence-electron chi connectivity index (χ2n) is 20.5. The van der Waals surface area contributed by atoms with Crippen LogP contribution < -0.4 is 10.6 Å². The molecular weight excluding hydrogens is 964 g/mol. The molecule has 1 rings (SSSR count). The molecule has 9 N–H and O–H groups in total. The van der Waals surface area contributed by atoms with Crippen LogP contribution in [-0.2, 0) is 42.3 Å². The monoisotopic (exact) mass is 1070 g/mol. The molecule has 9 atom stereocenters. The van der Waals surface area contributed by atoms with E-state index in [4.69, 9.17) is 18.5 Å². The van der Waals surface area contributed by atoms with Crippen LogP contribution in [-0.4, -0.2) is 141 Å². The van der Waals surface area contributed by atoms with E-state index in [1.807, 2.05) is 0 Å². The molecule has 430 valence electrons. The van der Waals surface area contributed by atoms with Gasteiger partial charge in [-0.15, -0.1) is 0 Å². The number of ketones is 2. The van der Waals surface area contributed by atoms with Gasteiger partial charge < -0.3 is 55.6 Å². The van der Waals surface area contributed by atoms with Gasteiger partial charge in [0.2, 0.25) is 5.91 Å². The number of Topliss-reactive ketones (excluding diaryl/α,β-unsaturated/α-hetero) is 2. The maximum Gasteiger partial charge on any atom is 0.472 e. The van der Waals surface area contributed by atoms with Gasteiger partial charge in [0.1, 0.15) is 42.1 Å². The Morgan fingerprint density at radius 3 is 1.49 bits per heavy atom. The van der Waals surface area contributed by atoms with Gasteiger partial charge in [-0.3, -0.25) is 23.4 Å². The summed E-state index contributed by atoms with van der Waals surface area (Å²) in [5.74, 6) is -6.80. The van der Waals surface area contributed by atoms with Crippen molar-refractivity contribution in [3.8, 4) is 0 Å². The largest absolute Gasteiger partial charge is 0.477 e. The topological polar surface area (TPSA) is 288 Å². The number of amides is 1. The first-order valence-electron chi connectivity index (χ1n) is 28.6. The highest BCUT2D eigenvalue weighted by molar-refractivity contribution is 7.47. The molecule has 0 aromatic carbocycles. The normalized spacial score (nSPS) is 21.1. The van der Waals surface area contributed by atoms with Crippen LogP contribution >= 0.6 is 7.82 Å². The maximum atomic E-state index is 13.5. The number of ether oxygens (including phenoxy) is 2. The molecule has 1 saturated heterocycles. The van der Waals surface area contributed by atoms with Crippen LogP contribution in [0.4, 0.5) is 0 Å². The summed E-state index contributed by atoms with van der Waals surface area (Å²) in [6.45, 7) is 2.97. The van der Waals surface area contributed by atoms with E-state index in [-0.39, 0.29) is 44.1 Å². The molecule has 0 aromatic heterocycles. The molecule has 0 spiro atoms. The molecule has 0 radical (unpaired) electrons. The number of carboxylic acids is 1. The Labute approximate surface area is 438 Å². The Bertz CT molecular complexity index is 1480. The lowest BCUT2D eigenvalue weighted by atomic mass is 9.86. The number of aliphatic hydroxyl groups excluding tert-OH is 5. The van der Waals surface area contributed by atoms with Crippen molar-refractivity contribution >= 4 is 31.3 Å². The number of hydrogen-bond acceptors (Lipinski definition) is 15. The quantitative estimate of drug-likeness (QED) is 0.0204. The van der Waals surface area contributed by atoms with Crippen LogP contribution in [0.2, 0.25) is 0 Å². The van der Waals surface area contributed by atoms with Gasteiger partial charge in [0.25, 0.3) is 5.79 Å². The number of carbonyl (C=O) groups is 4. The number of carboxylic acid groups (broad SMARTS) is 1. The summed E-state index contributed by atoms with van der Waals surface area (Å²) in [4.78, 5) is 61.4. The lowest BCUT2D eigenvalue weighted by Gasteiger charge is -2.49. The van der Waals surface area contributed by atoms with E-state index >= 15 is 0 Å². The number of nitrogens with one attached hydrogen (secondary N) is 2. The summed E-state index contributed by atoms with van der Waals surface area (Å²) in [5.41, 5.74) is 0. The number of aliphatic hydroxyl groups is 5. The molecule has 1 unspecified atom stereocenters. The lowest BCUT2D eigenvalue weighted by molar-refractivity contribution is -0.346. The predicted molar refractivity (Wildman–Crippen MR) is 282 cm³/mol. The first-order chi connectivity index (χ1) is 35.1. The van der Waals surface area contributed by atoms with E-state index < -0.39 is 87.8 Å². The Morgan fingerprint density at radius 2 is 1.07 bits per heavy atom. The smallest absolute Gasteiger partial charge is 0.472 e. The highest BCUT2D eigenvalue weighted by Gasteiger charge is 2.62. The van der Waals surface area contributed by atoms with E-state index in [9.17, 15) is 59.3 Å². The fourth-order valence-electron chi connectivity index (χ4n) is 9.40. The van der Waals surface area contributed by atoms with E-state index in [1.165, 1.54) is 141 Å². The van der Waals surface area contributed by atoms with Crippen LogP contribution in [0.1, 0.15) is 233 Å². The highest BCUT2D eigenvalue weighted by Crippen LogP contribution is 2.43. The van der Waals surface area contributed by atoms with Crippen molar-refractivity contribution in [2.24, 2.45) is 5.92 Å². The Kier molecular flexibility index (Phi) is 40.8. The number of carbonyl (C=O) groups excluding carboxylic acids is 3. The molecule has 1 aliphatic heterocycles. The van der Waals surface area contributed by atoms with Crippen molar-refractivity contribution in [3.63, 3.8) is 0 Å². The van der Waals surface area contributed by atoms with Crippen LogP contribution in [0.25, 0.3) is 0 Å². The number of unbranched alkanes of at least 4 members (excludes halogenated alkanes) is 28. The molecular formula is C54H103N2O16P. The summed E-state index contributed by atoms with van der Waals surface area (Å²) in [6.07, 6.45) is 26.4. The van der Waals surface area contributed by atoms with Crippen LogP contribution in [0.15, 0.2) is 0 Å². The number of phosphoric acid groups is 1. The zero-order chi connectivity index (χ0) is 54.2. The number of phosphoric ester groups is 1. The van der Waals surface area contributed by atoms with Gasteiger partial charge in [-0.25, -0.2) is 9.36 Å². The third kappa shape index (κ3) is 31.8. The van der Waals surface area contributed by atoms with Crippen molar-refractivity contribution in [1.82, 2.24) is 10.6 Å². The van der Waals surface area contributed by atoms with Crippen molar-refractivity contribution in [3.05, 3.63) is 0 Å². The van der Waals surface area contributed by atoms with E-state index in [0.29, 0.717) is 12.8 Å². The average molecular weight is 1070 g/mol. The Balaban J connectivity index is 2.63. The zero-order valence-corrected chi connectivity index (χ0v) is 46.3. The summed E-state index contributed by atoms with van der Waals surface area (Å²) >= 11 is 0. The first kappa shape index (κ1) is 69.1. The molecule has 1 fully saturated rings. The minimum atomic E-state index is -4.69. The van der Waals surface area contributed by atoms with E-state index in [0.717, 1.165) is 51.9 Å². The van der Waals surface area contributed by atoms with Crippen molar-refractivity contribution in [2.45, 2.75) is 275 Å². The second kappa shape index (κ2) is 43.1. The minimum Gasteiger partial charge on any atom is -0.477 e. The van der Waals surface area contributed by atoms with Crippen LogP contribution in [0.3, 0.4) is 0 Å². The lowest BCUT2D eigenvalue weighted by Crippen LogP contribution is -2.74. The highest BCUT2D eigenvalue weighted by atomic mass is 31.2. The maximum absolute atomic E-state index is 13.5. The van der Waals surface area contributed by atoms with Gasteiger partial charge in [-0.1, -0.05) is 194 Å². The number of rotatable bonds is 51. The average Bonchev–Trinajstić information content (AvgIpc) is 3.36. The van der Waals surface area contributed by atoms with Crippen molar-refractivity contribution < 1.29 is 77.8 Å². The summed E-state index contributed by atoms with van der Waals surface area (Å²) < 4.78 is 34.2. The van der Waals surface area contributed by atoms with Crippen LogP contribution in [0, 0.1) is 5.92 Å². The Hall–Kier alpha value is -1.93. The molecule has 0 saturated carbocycles. The van der Waals surface area contributed by atoms with E-state index in [2.05, 4.69) is 24.5 Å². The van der Waals surface area contributed by atoms with Gasteiger partial charge in [0.05, 0.1) is 32.5 Å². The summed E-state index contributed by atoms with van der Waals surface area (Å²) in [5, 5.41) is 66.7. The fraction of sp³-hybridized carbons (Fsp3) is 0.926. The van der Waals surface area contributed by atoms with Gasteiger partial charge in [0, 0.05) is 45.2 Å². The molecule has 73 heavy (non-hydrogen) atoms. The summed E-state index contributed by atoms with van der Waals surface area (Å²) in [7, 11) is -4.69. The predicted octanol–water partition coefficient (Wildman–Crippen LogP) is 8.51. The molecule has 0 bridgehead atoms. The minimum absolute atomic E-state index is 0.0827. The SMILES string of the molecule is CCCCCCCCCCCCCCCCCC(=O)C[C@@H](COP(=O)(O)OCCNCCO[C@@]1(C(=O)O)O[C@@H]([C@H](O)[C@H](O)CO)[C@H](NC(C)=O)[C@@H](O)[C@@H]1O)C(=O)CCCCCCCCCCCCCCCCC. The molecule has 0 aliphatic carbocycles. The van der Waals surface area contributed by atoms with Crippen molar-refractivity contribution in [2.75, 3.05) is 39.5 Å². The van der Waals surface area contributed by atoms with Gasteiger partial charge in [0.15, 0.2) is 0 Å². The Morgan fingerprint density at radius 1 is 0.644 bits per heavy atom. The zero-order valence-electron chi connectivity index (χ0n) is 45.4. The molecule has 19 heteroatoms. The molecule has 18 nitrogen and oxygen atoms in total. The van der Waals surface area contributed by atoms with Gasteiger partial charge in [-0.05, 0) is 12.8 Å². The third-order valence-electron chi connectivity index (χ3n) is 13.9. The standard InChI is InChI=1S/C54H103N2O16P/c1-4-6-8-10-12-14-16-18-20-22-24-26-28-30-32-34-45(59)40-44(46(60)35-33-31-29-27-25-23-21-19-17-15-13-11-9-7-5-2)42-71-73(67,68)70-39-37-55-36-38-69-54(53(65)66)52(64)50(63)48(56-43(3)58)51(72-54)49(62)47(61)41-57/h44,47-52,55,57,61-64H,4-42H2,1-3H3,(H,56,58)(H,65,66)(H,67,68)/t44-,47+,48+,49+,50+,51+,52-,54+/m0/s1. The second-order valence-corrected chi connectivity index (χ2v) is 21.9. The van der Waals surface area contributed by atoms with Crippen LogP contribution in [0.5, 0.6) is 0 Å². The van der Waals surface area contributed by atoms with Gasteiger partial charge in [-0.2, -0.15) is 0 Å². The molecule has 1 aliphatic rings. The fourth-order valence-corrected chi connectivity index (χ4v) is 10.2. The first-order valence-corrected chi connectivity index (χ1v) is 30.1. The summed E-state index contributed by atoms with van der Waals surface area (Å²) in [6, 6.07) is -1.61. The van der Waals surface area contributed by atoms with Crippen molar-refractivity contribution in [1.29, 1.82) is 0 Å².